The molecule has 0 aliphatic carbocycles. The van der Waals surface area contributed by atoms with E-state index in [-0.39, 0.29) is 23.3 Å². The highest BCUT2D eigenvalue weighted by Crippen LogP contribution is 2.42. The third-order valence-electron chi connectivity index (χ3n) is 9.48. The van der Waals surface area contributed by atoms with Crippen molar-refractivity contribution in [1.82, 2.24) is 4.90 Å². The number of phenolic OH excluding ortho intramolecular Hbond substituents is 3. The van der Waals surface area contributed by atoms with Crippen molar-refractivity contribution in [2.24, 2.45) is 0 Å². The molecular formula is C33H39NO17. The first-order chi connectivity index (χ1) is 24.2. The quantitative estimate of drug-likeness (QED) is 0.122. The minimum Gasteiger partial charge on any atom is -0.507 e. The van der Waals surface area contributed by atoms with E-state index in [9.17, 15) is 60.7 Å². The predicted octanol–water partition coefficient (Wildman–Crippen LogP) is -1.34. The van der Waals surface area contributed by atoms with Crippen LogP contribution in [0.15, 0.2) is 39.5 Å². The lowest BCUT2D eigenvalue weighted by atomic mass is 9.98. The molecule has 11 atom stereocenters. The Balaban J connectivity index is 1.38. The number of fused-ring (bicyclic) bond motifs is 1. The molecule has 2 aromatic carbocycles. The van der Waals surface area contributed by atoms with E-state index in [1.807, 2.05) is 0 Å². The molecule has 1 aromatic heterocycles. The maximum absolute atomic E-state index is 14.2. The zero-order chi connectivity index (χ0) is 36.9. The molecule has 3 fully saturated rings. The number of ether oxygens (including phenoxy) is 4. The fourth-order valence-corrected chi connectivity index (χ4v) is 6.58. The van der Waals surface area contributed by atoms with Crippen LogP contribution >= 0.6 is 0 Å². The molecule has 18 heteroatoms. The molecule has 0 saturated carbocycles. The molecule has 3 aliphatic rings. The Kier molecular flexibility index (Phi) is 10.4. The average Bonchev–Trinajstić information content (AvgIpc) is 3.57. The van der Waals surface area contributed by atoms with Gasteiger partial charge in [0.05, 0.1) is 23.8 Å². The van der Waals surface area contributed by atoms with Crippen molar-refractivity contribution < 1.29 is 79.2 Å². The number of nitrogens with zero attached hydrogens (tertiary/aromatic N) is 1. The first kappa shape index (κ1) is 36.7. The largest absolute Gasteiger partial charge is 0.507 e. The van der Waals surface area contributed by atoms with E-state index < -0.39 is 120 Å². The van der Waals surface area contributed by atoms with Crippen LogP contribution in [0.25, 0.3) is 22.3 Å². The number of benzene rings is 2. The van der Waals surface area contributed by atoms with Gasteiger partial charge in [0, 0.05) is 12.6 Å². The molecular weight excluding hydrogens is 682 g/mol. The van der Waals surface area contributed by atoms with Gasteiger partial charge in [0.25, 0.3) is 0 Å². The molecule has 51 heavy (non-hydrogen) atoms. The van der Waals surface area contributed by atoms with Crippen LogP contribution in [0, 0.1) is 0 Å². The second-order valence-electron chi connectivity index (χ2n) is 12.8. The third-order valence-corrected chi connectivity index (χ3v) is 9.48. The van der Waals surface area contributed by atoms with Gasteiger partial charge in [-0.25, -0.2) is 0 Å². The molecule has 3 saturated heterocycles. The van der Waals surface area contributed by atoms with Crippen molar-refractivity contribution in [1.29, 1.82) is 0 Å². The Morgan fingerprint density at radius 3 is 2.27 bits per heavy atom. The van der Waals surface area contributed by atoms with Crippen molar-refractivity contribution in [3.63, 3.8) is 0 Å². The number of carboxylic acid groups (broad SMARTS) is 1. The van der Waals surface area contributed by atoms with E-state index in [4.69, 9.17) is 23.4 Å². The van der Waals surface area contributed by atoms with Gasteiger partial charge in [-0.15, -0.1) is 0 Å². The smallest absolute Gasteiger partial charge is 0.320 e. The summed E-state index contributed by atoms with van der Waals surface area (Å²) in [5.41, 5.74) is -1.58. The summed E-state index contributed by atoms with van der Waals surface area (Å²) in [4.78, 5) is 27.6. The lowest BCUT2D eigenvalue weighted by Gasteiger charge is -2.42. The number of aliphatic hydroxyl groups is 6. The molecule has 0 spiro atoms. The van der Waals surface area contributed by atoms with Gasteiger partial charge in [-0.05, 0) is 38.4 Å². The molecule has 0 unspecified atom stereocenters. The van der Waals surface area contributed by atoms with Gasteiger partial charge < -0.3 is 74.4 Å². The molecule has 3 aromatic rings. The van der Waals surface area contributed by atoms with Crippen LogP contribution in [0.4, 0.5) is 0 Å². The standard InChI is InChI=1S/C33H39NO17/c1-12-21(38)24(41)26(43)32(48-12)47-11-19-22(39)25(42)27(44)33(49-19)51-30-23(40)20-18(37)9-17(36)14(10-34-8-4-6-15(34)31(45)46)28(20)50-29(30)13-5-2-3-7-16(13)35/h2-3,5,7,9,12,15,19,21-22,24-27,32-33,35-39,41-44H,4,6,8,10-11H2,1H3,(H,45,46)/t12-,15+,19-,21+,22-,24-,25-,26-,27-,32+,33-/m0/s1. The highest BCUT2D eigenvalue weighted by Gasteiger charge is 2.48. The molecule has 6 rings (SSSR count). The molecule has 278 valence electrons. The number of likely N-dealkylation sites (tertiary alicyclic amines) is 1. The van der Waals surface area contributed by atoms with Crippen LogP contribution in [0.5, 0.6) is 23.0 Å². The normalized spacial score (nSPS) is 33.0. The van der Waals surface area contributed by atoms with Gasteiger partial charge in [-0.3, -0.25) is 14.5 Å². The Bertz CT molecular complexity index is 1820. The third kappa shape index (κ3) is 6.83. The molecule has 0 amide bonds. The fourth-order valence-electron chi connectivity index (χ4n) is 6.58. The molecule has 0 radical (unpaired) electrons. The van der Waals surface area contributed by atoms with E-state index in [0.29, 0.717) is 19.4 Å². The van der Waals surface area contributed by atoms with Crippen LogP contribution in [-0.4, -0.2) is 143 Å². The number of phenols is 3. The molecule has 4 heterocycles. The van der Waals surface area contributed by atoms with Crippen molar-refractivity contribution in [2.45, 2.75) is 93.8 Å². The van der Waals surface area contributed by atoms with Gasteiger partial charge in [-0.1, -0.05) is 12.1 Å². The van der Waals surface area contributed by atoms with E-state index in [2.05, 4.69) is 0 Å². The predicted molar refractivity (Wildman–Crippen MR) is 170 cm³/mol. The lowest BCUT2D eigenvalue weighted by molar-refractivity contribution is -0.318. The minimum atomic E-state index is -2.01. The molecule has 10 N–H and O–H groups in total. The van der Waals surface area contributed by atoms with Crippen LogP contribution in [0.1, 0.15) is 25.3 Å². The van der Waals surface area contributed by atoms with Crippen LogP contribution < -0.4 is 10.2 Å². The topological polar surface area (TPSA) is 290 Å². The van der Waals surface area contributed by atoms with Gasteiger partial charge in [0.2, 0.25) is 17.5 Å². The summed E-state index contributed by atoms with van der Waals surface area (Å²) in [6.07, 6.45) is -15.6. The number of aromatic hydroxyl groups is 3. The molecule has 18 nitrogen and oxygen atoms in total. The van der Waals surface area contributed by atoms with E-state index in [1.54, 1.807) is 4.90 Å². The Morgan fingerprint density at radius 1 is 0.882 bits per heavy atom. The minimum absolute atomic E-state index is 0.0416. The van der Waals surface area contributed by atoms with Gasteiger partial charge >= 0.3 is 5.97 Å². The SMILES string of the molecule is C[C@@H]1O[C@@H](OC[C@@H]2O[C@@H](Oc3c(-c4ccccc4O)oc4c(CN5CCC[C@@H]5C(=O)O)c(O)cc(O)c4c3=O)[C@@H](O)[C@@H](O)[C@H]2O)[C@@H](O)[C@@H](O)[C@@H]1O. The summed E-state index contributed by atoms with van der Waals surface area (Å²) in [6, 6.07) is 5.57. The second-order valence-corrected chi connectivity index (χ2v) is 12.8. The van der Waals surface area contributed by atoms with Crippen LogP contribution in [-0.2, 0) is 25.5 Å². The monoisotopic (exact) mass is 721 g/mol. The van der Waals surface area contributed by atoms with E-state index in [0.717, 1.165) is 6.07 Å². The summed E-state index contributed by atoms with van der Waals surface area (Å²) in [5.74, 6) is -3.93. The van der Waals surface area contributed by atoms with Gasteiger partial charge in [0.15, 0.2) is 17.6 Å². The number of para-hydroxylation sites is 1. The first-order valence-electron chi connectivity index (χ1n) is 16.2. The summed E-state index contributed by atoms with van der Waals surface area (Å²) in [7, 11) is 0. The molecule has 3 aliphatic heterocycles. The average molecular weight is 722 g/mol. The lowest BCUT2D eigenvalue weighted by Crippen LogP contribution is -2.61. The molecule has 0 bridgehead atoms. The number of aliphatic hydroxyl groups excluding tert-OH is 6. The Hall–Kier alpha value is -4.08. The van der Waals surface area contributed by atoms with Gasteiger partial charge in [0.1, 0.15) is 71.4 Å². The number of aliphatic carboxylic acids is 1. The summed E-state index contributed by atoms with van der Waals surface area (Å²) in [5, 5.41) is 104. The Morgan fingerprint density at radius 2 is 1.57 bits per heavy atom. The fraction of sp³-hybridized carbons (Fsp3) is 0.515. The van der Waals surface area contributed by atoms with Crippen LogP contribution in [0.2, 0.25) is 0 Å². The Labute approximate surface area is 288 Å². The summed E-state index contributed by atoms with van der Waals surface area (Å²) < 4.78 is 28.5. The zero-order valence-electron chi connectivity index (χ0n) is 27.1. The summed E-state index contributed by atoms with van der Waals surface area (Å²) >= 11 is 0. The van der Waals surface area contributed by atoms with Crippen molar-refractivity contribution in [3.8, 4) is 34.3 Å². The zero-order valence-corrected chi connectivity index (χ0v) is 27.1. The summed E-state index contributed by atoms with van der Waals surface area (Å²) in [6.45, 7) is 0.940. The van der Waals surface area contributed by atoms with E-state index in [1.165, 1.54) is 31.2 Å². The number of hydrogen-bond donors (Lipinski definition) is 10. The highest BCUT2D eigenvalue weighted by atomic mass is 16.7. The van der Waals surface area contributed by atoms with Gasteiger partial charge in [-0.2, -0.15) is 0 Å². The van der Waals surface area contributed by atoms with Crippen molar-refractivity contribution in [2.75, 3.05) is 13.2 Å². The maximum atomic E-state index is 14.2. The van der Waals surface area contributed by atoms with E-state index >= 15 is 0 Å². The maximum Gasteiger partial charge on any atom is 0.320 e. The van der Waals surface area contributed by atoms with Crippen LogP contribution in [0.3, 0.4) is 0 Å². The number of hydrogen-bond acceptors (Lipinski definition) is 17. The number of carboxylic acids is 1. The first-order valence-corrected chi connectivity index (χ1v) is 16.2. The van der Waals surface area contributed by atoms with Crippen molar-refractivity contribution in [3.05, 3.63) is 46.1 Å². The number of rotatable bonds is 9. The number of carbonyl (C=O) groups is 1. The van der Waals surface area contributed by atoms with Crippen molar-refractivity contribution >= 4 is 16.9 Å². The highest BCUT2D eigenvalue weighted by molar-refractivity contribution is 5.91. The second kappa shape index (κ2) is 14.5.